The Morgan fingerprint density at radius 3 is 2.00 bits per heavy atom. The average molecular weight is 280 g/mol. The van der Waals surface area contributed by atoms with Gasteiger partial charge in [-0.2, -0.15) is 0 Å². The average Bonchev–Trinajstić information content (AvgIpc) is 2.68. The number of nitrogens with one attached hydrogen (secondary N) is 1. The molecule has 1 fully saturated rings. The highest BCUT2D eigenvalue weighted by Crippen LogP contribution is 2.32. The molecule has 0 aromatic heterocycles. The van der Waals surface area contributed by atoms with Crippen LogP contribution in [0.4, 0.5) is 0 Å². The minimum atomic E-state index is 0.110. The van der Waals surface area contributed by atoms with Crippen molar-refractivity contribution in [3.63, 3.8) is 0 Å². The van der Waals surface area contributed by atoms with Crippen LogP contribution in [0.1, 0.15) is 29.6 Å². The predicted molar refractivity (Wildman–Crippen MR) is 83.8 cm³/mol. The first kappa shape index (κ1) is 13.8. The molecule has 3 rings (SSSR count). The molecule has 1 amide bonds. The highest BCUT2D eigenvalue weighted by atomic mass is 16.1. The fourth-order valence-electron chi connectivity index (χ4n) is 3.02. The summed E-state index contributed by atoms with van der Waals surface area (Å²) in [5.41, 5.74) is 2.43. The zero-order valence-corrected chi connectivity index (χ0v) is 12.2. The normalized spacial score (nSPS) is 23.4. The molecule has 1 saturated heterocycles. The molecule has 2 aromatic carbocycles. The van der Waals surface area contributed by atoms with E-state index in [2.05, 4.69) is 41.5 Å². The molecule has 1 aliphatic rings. The summed E-state index contributed by atoms with van der Waals surface area (Å²) in [5.74, 6) is 0.120. The number of rotatable bonds is 2. The Labute approximate surface area is 125 Å². The van der Waals surface area contributed by atoms with Gasteiger partial charge in [0.2, 0.25) is 5.91 Å². The third-order valence-electron chi connectivity index (χ3n) is 4.22. The van der Waals surface area contributed by atoms with Crippen molar-refractivity contribution in [2.75, 3.05) is 13.6 Å². The Hall–Kier alpha value is -2.13. The predicted octanol–water partition coefficient (Wildman–Crippen LogP) is 2.92. The van der Waals surface area contributed by atoms with Gasteiger partial charge in [0.15, 0.2) is 0 Å². The van der Waals surface area contributed by atoms with E-state index in [9.17, 15) is 4.79 Å². The minimum absolute atomic E-state index is 0.110. The zero-order chi connectivity index (χ0) is 14.7. The van der Waals surface area contributed by atoms with Crippen LogP contribution >= 0.6 is 0 Å². The Kier molecular flexibility index (Phi) is 4.02. The van der Waals surface area contributed by atoms with Crippen LogP contribution in [-0.4, -0.2) is 24.4 Å². The van der Waals surface area contributed by atoms with Crippen molar-refractivity contribution in [1.82, 2.24) is 10.2 Å². The lowest BCUT2D eigenvalue weighted by atomic mass is 9.99. The standard InChI is InChI=1S/C18H20N2O/c1-20-16(14-8-4-2-5-9-14)12-18(21)19-13-17(20)15-10-6-3-7-11-15/h2-11,16-17H,12-13H2,1H3,(H,19,21)/t16-,17+/m0/s1. The molecule has 2 aromatic rings. The summed E-state index contributed by atoms with van der Waals surface area (Å²) >= 11 is 0. The Balaban J connectivity index is 1.94. The molecule has 0 spiro atoms. The second-order valence-electron chi connectivity index (χ2n) is 5.53. The molecule has 1 N–H and O–H groups in total. The first-order valence-electron chi connectivity index (χ1n) is 7.34. The zero-order valence-electron chi connectivity index (χ0n) is 12.2. The van der Waals surface area contributed by atoms with Gasteiger partial charge >= 0.3 is 0 Å². The maximum absolute atomic E-state index is 12.1. The summed E-state index contributed by atoms with van der Waals surface area (Å²) < 4.78 is 0. The van der Waals surface area contributed by atoms with E-state index < -0.39 is 0 Å². The highest BCUT2D eigenvalue weighted by Gasteiger charge is 2.30. The molecule has 108 valence electrons. The molecule has 3 nitrogen and oxygen atoms in total. The van der Waals surface area contributed by atoms with Gasteiger partial charge in [-0.15, -0.1) is 0 Å². The van der Waals surface area contributed by atoms with Crippen LogP contribution in [0.5, 0.6) is 0 Å². The molecule has 0 bridgehead atoms. The van der Waals surface area contributed by atoms with E-state index in [0.29, 0.717) is 13.0 Å². The topological polar surface area (TPSA) is 32.3 Å². The summed E-state index contributed by atoms with van der Waals surface area (Å²) in [6, 6.07) is 20.9. The van der Waals surface area contributed by atoms with Crippen molar-refractivity contribution < 1.29 is 4.79 Å². The molecule has 1 heterocycles. The molecule has 0 unspecified atom stereocenters. The number of amides is 1. The molecule has 2 atom stereocenters. The summed E-state index contributed by atoms with van der Waals surface area (Å²) in [6.45, 7) is 0.655. The van der Waals surface area contributed by atoms with E-state index in [-0.39, 0.29) is 18.0 Å². The minimum Gasteiger partial charge on any atom is -0.354 e. The first-order valence-corrected chi connectivity index (χ1v) is 7.34. The molecule has 0 saturated carbocycles. The quantitative estimate of drug-likeness (QED) is 0.917. The third-order valence-corrected chi connectivity index (χ3v) is 4.22. The second kappa shape index (κ2) is 6.10. The Bertz CT molecular complexity index is 597. The highest BCUT2D eigenvalue weighted by molar-refractivity contribution is 5.77. The van der Waals surface area contributed by atoms with E-state index in [4.69, 9.17) is 0 Å². The fourth-order valence-corrected chi connectivity index (χ4v) is 3.02. The molecular weight excluding hydrogens is 260 g/mol. The fraction of sp³-hybridized carbons (Fsp3) is 0.278. The van der Waals surface area contributed by atoms with Crippen molar-refractivity contribution >= 4 is 5.91 Å². The van der Waals surface area contributed by atoms with E-state index in [1.54, 1.807) is 0 Å². The van der Waals surface area contributed by atoms with Gasteiger partial charge in [0.1, 0.15) is 0 Å². The van der Waals surface area contributed by atoms with Crippen LogP contribution < -0.4 is 5.32 Å². The van der Waals surface area contributed by atoms with Gasteiger partial charge in [-0.1, -0.05) is 60.7 Å². The maximum atomic E-state index is 12.1. The van der Waals surface area contributed by atoms with Crippen LogP contribution in [0, 0.1) is 0 Å². The van der Waals surface area contributed by atoms with Gasteiger partial charge in [0.25, 0.3) is 0 Å². The summed E-state index contributed by atoms with van der Waals surface area (Å²) in [7, 11) is 2.11. The van der Waals surface area contributed by atoms with Crippen molar-refractivity contribution in [1.29, 1.82) is 0 Å². The van der Waals surface area contributed by atoms with Gasteiger partial charge in [-0.3, -0.25) is 9.69 Å². The molecule has 21 heavy (non-hydrogen) atoms. The summed E-state index contributed by atoms with van der Waals surface area (Å²) in [5, 5.41) is 3.04. The van der Waals surface area contributed by atoms with Crippen LogP contribution in [0.25, 0.3) is 0 Å². The van der Waals surface area contributed by atoms with Crippen molar-refractivity contribution in [3.05, 3.63) is 71.8 Å². The Morgan fingerprint density at radius 2 is 1.43 bits per heavy atom. The SMILES string of the molecule is CN1[C@@H](c2ccccc2)CNC(=O)C[C@H]1c1ccccc1. The number of benzene rings is 2. The van der Waals surface area contributed by atoms with Crippen molar-refractivity contribution in [2.24, 2.45) is 0 Å². The lowest BCUT2D eigenvalue weighted by Gasteiger charge is -2.32. The molecule has 0 aliphatic carbocycles. The molecule has 0 radical (unpaired) electrons. The van der Waals surface area contributed by atoms with Crippen LogP contribution in [0.2, 0.25) is 0 Å². The summed E-state index contributed by atoms with van der Waals surface area (Å²) in [4.78, 5) is 14.4. The van der Waals surface area contributed by atoms with E-state index in [1.807, 2.05) is 36.4 Å². The number of hydrogen-bond acceptors (Lipinski definition) is 2. The lowest BCUT2D eigenvalue weighted by molar-refractivity contribution is -0.121. The van der Waals surface area contributed by atoms with Gasteiger partial charge in [0.05, 0.1) is 6.04 Å². The molecular formula is C18H20N2O. The number of carbonyl (C=O) groups excluding carboxylic acids is 1. The van der Waals surface area contributed by atoms with Gasteiger partial charge in [-0.05, 0) is 18.2 Å². The smallest absolute Gasteiger partial charge is 0.221 e. The summed E-state index contributed by atoms with van der Waals surface area (Å²) in [6.07, 6.45) is 0.504. The van der Waals surface area contributed by atoms with Crippen molar-refractivity contribution in [3.8, 4) is 0 Å². The second-order valence-corrected chi connectivity index (χ2v) is 5.53. The van der Waals surface area contributed by atoms with Crippen LogP contribution in [-0.2, 0) is 4.79 Å². The Morgan fingerprint density at radius 1 is 0.905 bits per heavy atom. The third kappa shape index (κ3) is 2.98. The van der Waals surface area contributed by atoms with Gasteiger partial charge in [-0.25, -0.2) is 0 Å². The largest absolute Gasteiger partial charge is 0.354 e. The molecule has 1 aliphatic heterocycles. The monoisotopic (exact) mass is 280 g/mol. The van der Waals surface area contributed by atoms with Gasteiger partial charge in [0, 0.05) is 19.0 Å². The van der Waals surface area contributed by atoms with Crippen LogP contribution in [0.3, 0.4) is 0 Å². The lowest BCUT2D eigenvalue weighted by Crippen LogP contribution is -2.31. The van der Waals surface area contributed by atoms with E-state index >= 15 is 0 Å². The van der Waals surface area contributed by atoms with Gasteiger partial charge < -0.3 is 5.32 Å². The number of carbonyl (C=O) groups is 1. The maximum Gasteiger partial charge on any atom is 0.221 e. The van der Waals surface area contributed by atoms with E-state index in [0.717, 1.165) is 0 Å². The number of likely N-dealkylation sites (N-methyl/N-ethyl adjacent to an activating group) is 1. The molecule has 3 heteroatoms. The van der Waals surface area contributed by atoms with E-state index in [1.165, 1.54) is 11.1 Å². The first-order chi connectivity index (χ1) is 10.3. The van der Waals surface area contributed by atoms with Crippen molar-refractivity contribution in [2.45, 2.75) is 18.5 Å². The number of hydrogen-bond donors (Lipinski definition) is 1. The van der Waals surface area contributed by atoms with Crippen LogP contribution in [0.15, 0.2) is 60.7 Å². The number of nitrogens with zero attached hydrogens (tertiary/aromatic N) is 1.